The molecule has 1 saturated heterocycles. The minimum atomic E-state index is -0.390. The highest BCUT2D eigenvalue weighted by Crippen LogP contribution is 2.23. The van der Waals surface area contributed by atoms with Gasteiger partial charge in [0, 0.05) is 19.4 Å². The monoisotopic (exact) mass is 396 g/mol. The van der Waals surface area contributed by atoms with E-state index in [4.69, 9.17) is 4.42 Å². The number of benzene rings is 1. The predicted molar refractivity (Wildman–Crippen MR) is 105 cm³/mol. The average molecular weight is 396 g/mol. The van der Waals surface area contributed by atoms with Gasteiger partial charge in [0.05, 0.1) is 18.7 Å². The summed E-state index contributed by atoms with van der Waals surface area (Å²) in [6, 6.07) is 13.8. The first-order valence-corrected chi connectivity index (χ1v) is 9.96. The van der Waals surface area contributed by atoms with E-state index in [1.807, 2.05) is 24.3 Å². The van der Waals surface area contributed by atoms with Crippen LogP contribution in [0.3, 0.4) is 0 Å². The first kappa shape index (κ1) is 18.4. The summed E-state index contributed by atoms with van der Waals surface area (Å²) in [5.41, 5.74) is 1.24. The molecule has 8 heteroatoms. The Morgan fingerprint density at radius 1 is 1.18 bits per heavy atom. The number of carbonyl (C=O) groups is 2. The second-order valence-electron chi connectivity index (χ2n) is 6.73. The Kier molecular flexibility index (Phi) is 5.48. The van der Waals surface area contributed by atoms with Gasteiger partial charge >= 0.3 is 0 Å². The van der Waals surface area contributed by atoms with Gasteiger partial charge in [0.1, 0.15) is 10.8 Å². The molecule has 3 heterocycles. The molecule has 2 amide bonds. The van der Waals surface area contributed by atoms with Crippen molar-refractivity contribution in [3.63, 3.8) is 0 Å². The van der Waals surface area contributed by atoms with Crippen molar-refractivity contribution in [3.8, 4) is 0 Å². The second-order valence-corrected chi connectivity index (χ2v) is 7.79. The van der Waals surface area contributed by atoms with Gasteiger partial charge in [0.25, 0.3) is 0 Å². The van der Waals surface area contributed by atoms with E-state index in [2.05, 4.69) is 27.6 Å². The van der Waals surface area contributed by atoms with Gasteiger partial charge in [-0.05, 0) is 24.1 Å². The summed E-state index contributed by atoms with van der Waals surface area (Å²) in [6.07, 6.45) is 3.43. The Morgan fingerprint density at radius 2 is 2.04 bits per heavy atom. The van der Waals surface area contributed by atoms with E-state index in [9.17, 15) is 9.59 Å². The van der Waals surface area contributed by atoms with Crippen molar-refractivity contribution >= 4 is 28.3 Å². The highest BCUT2D eigenvalue weighted by Gasteiger charge is 2.35. The maximum Gasteiger partial charge on any atom is 0.231 e. The lowest BCUT2D eigenvalue weighted by Crippen LogP contribution is -2.27. The molecule has 1 fully saturated rings. The van der Waals surface area contributed by atoms with E-state index in [1.54, 1.807) is 17.2 Å². The molecule has 2 aromatic heterocycles. The average Bonchev–Trinajstić information content (AvgIpc) is 3.44. The van der Waals surface area contributed by atoms with Crippen LogP contribution in [0.25, 0.3) is 0 Å². The number of hydrogen-bond donors (Lipinski definition) is 1. The van der Waals surface area contributed by atoms with Crippen molar-refractivity contribution in [2.75, 3.05) is 11.9 Å². The van der Waals surface area contributed by atoms with Crippen molar-refractivity contribution in [2.45, 2.75) is 25.8 Å². The van der Waals surface area contributed by atoms with Crippen molar-refractivity contribution in [2.24, 2.45) is 5.92 Å². The first-order chi connectivity index (χ1) is 13.7. The van der Waals surface area contributed by atoms with Crippen LogP contribution in [0.1, 0.15) is 22.8 Å². The zero-order valence-corrected chi connectivity index (χ0v) is 16.0. The van der Waals surface area contributed by atoms with Gasteiger partial charge in [-0.1, -0.05) is 41.7 Å². The molecule has 144 valence electrons. The normalized spacial score (nSPS) is 16.5. The van der Waals surface area contributed by atoms with Crippen molar-refractivity contribution in [3.05, 3.63) is 65.1 Å². The van der Waals surface area contributed by atoms with E-state index >= 15 is 0 Å². The first-order valence-electron chi connectivity index (χ1n) is 9.15. The lowest BCUT2D eigenvalue weighted by Gasteiger charge is -2.14. The second kappa shape index (κ2) is 8.35. The molecule has 0 aliphatic carbocycles. The molecule has 0 unspecified atom stereocenters. The number of carbonyl (C=O) groups excluding carboxylic acids is 2. The molecule has 0 spiro atoms. The maximum absolute atomic E-state index is 12.5. The zero-order valence-electron chi connectivity index (χ0n) is 15.2. The van der Waals surface area contributed by atoms with Gasteiger partial charge < -0.3 is 14.6 Å². The van der Waals surface area contributed by atoms with Crippen LogP contribution in [0.5, 0.6) is 0 Å². The summed E-state index contributed by atoms with van der Waals surface area (Å²) in [4.78, 5) is 26.3. The van der Waals surface area contributed by atoms with E-state index in [0.717, 1.165) is 17.8 Å². The minimum absolute atomic E-state index is 0.0441. The topological polar surface area (TPSA) is 88.3 Å². The molecule has 0 saturated carbocycles. The summed E-state index contributed by atoms with van der Waals surface area (Å²) in [5.74, 6) is 0.0825. The van der Waals surface area contributed by atoms with Gasteiger partial charge in [0.15, 0.2) is 0 Å². The fourth-order valence-corrected chi connectivity index (χ4v) is 3.94. The zero-order chi connectivity index (χ0) is 19.3. The SMILES string of the molecule is O=C(Nc1nnc(CCc2ccccc2)s1)[C@@H]1CC(=O)N(Cc2ccco2)C1. The smallest absolute Gasteiger partial charge is 0.231 e. The molecule has 1 N–H and O–H groups in total. The molecule has 1 atom stereocenters. The van der Waals surface area contributed by atoms with E-state index in [1.165, 1.54) is 16.9 Å². The number of nitrogens with zero attached hydrogens (tertiary/aromatic N) is 3. The van der Waals surface area contributed by atoms with Crippen LogP contribution in [0.15, 0.2) is 53.1 Å². The molecule has 28 heavy (non-hydrogen) atoms. The van der Waals surface area contributed by atoms with Crippen LogP contribution >= 0.6 is 11.3 Å². The third-order valence-electron chi connectivity index (χ3n) is 4.68. The van der Waals surface area contributed by atoms with Gasteiger partial charge in [0.2, 0.25) is 16.9 Å². The Bertz CT molecular complexity index is 940. The standard InChI is InChI=1S/C20H20N4O3S/c25-18-11-15(12-24(18)13-16-7-4-10-27-16)19(26)21-20-23-22-17(28-20)9-8-14-5-2-1-3-6-14/h1-7,10,15H,8-9,11-13H2,(H,21,23,26)/t15-/m1/s1. The molecule has 3 aromatic rings. The third-order valence-corrected chi connectivity index (χ3v) is 5.58. The highest BCUT2D eigenvalue weighted by atomic mass is 32.1. The summed E-state index contributed by atoms with van der Waals surface area (Å²) >= 11 is 1.38. The van der Waals surface area contributed by atoms with Gasteiger partial charge in [-0.15, -0.1) is 10.2 Å². The van der Waals surface area contributed by atoms with Gasteiger partial charge in [-0.25, -0.2) is 0 Å². The summed E-state index contributed by atoms with van der Waals surface area (Å²) in [6.45, 7) is 0.767. The Morgan fingerprint density at radius 3 is 2.82 bits per heavy atom. The molecule has 1 aliphatic rings. The molecule has 1 aliphatic heterocycles. The number of nitrogens with one attached hydrogen (secondary N) is 1. The van der Waals surface area contributed by atoms with Gasteiger partial charge in [-0.3, -0.25) is 9.59 Å². The number of aromatic nitrogens is 2. The van der Waals surface area contributed by atoms with Crippen molar-refractivity contribution < 1.29 is 14.0 Å². The third kappa shape index (κ3) is 4.45. The number of likely N-dealkylation sites (tertiary alicyclic amines) is 1. The number of amides is 2. The Balaban J connectivity index is 1.29. The molecule has 1 aromatic carbocycles. The minimum Gasteiger partial charge on any atom is -0.467 e. The van der Waals surface area contributed by atoms with Crippen LogP contribution in [-0.2, 0) is 29.0 Å². The lowest BCUT2D eigenvalue weighted by molar-refractivity contribution is -0.128. The summed E-state index contributed by atoms with van der Waals surface area (Å²) in [7, 11) is 0. The molecule has 0 bridgehead atoms. The Labute approximate surface area is 166 Å². The number of aryl methyl sites for hydroxylation is 2. The quantitative estimate of drug-likeness (QED) is 0.663. The largest absolute Gasteiger partial charge is 0.467 e. The summed E-state index contributed by atoms with van der Waals surface area (Å²) in [5, 5.41) is 12.4. The lowest BCUT2D eigenvalue weighted by atomic mass is 10.1. The fourth-order valence-electron chi connectivity index (χ4n) is 3.20. The van der Waals surface area contributed by atoms with Crippen LogP contribution in [0.2, 0.25) is 0 Å². The molecule has 0 radical (unpaired) electrons. The fraction of sp³-hybridized carbons (Fsp3) is 0.300. The van der Waals surface area contributed by atoms with Crippen LogP contribution < -0.4 is 5.32 Å². The van der Waals surface area contributed by atoms with Crippen LogP contribution in [0, 0.1) is 5.92 Å². The van der Waals surface area contributed by atoms with Crippen LogP contribution in [0.4, 0.5) is 5.13 Å². The molecular formula is C20H20N4O3S. The number of rotatable bonds is 7. The highest BCUT2D eigenvalue weighted by molar-refractivity contribution is 7.15. The number of hydrogen-bond acceptors (Lipinski definition) is 6. The maximum atomic E-state index is 12.5. The molecular weight excluding hydrogens is 376 g/mol. The van der Waals surface area contributed by atoms with E-state index in [-0.39, 0.29) is 24.2 Å². The summed E-state index contributed by atoms with van der Waals surface area (Å²) < 4.78 is 5.28. The molecule has 7 nitrogen and oxygen atoms in total. The van der Waals surface area contributed by atoms with Crippen molar-refractivity contribution in [1.29, 1.82) is 0 Å². The van der Waals surface area contributed by atoms with E-state index in [0.29, 0.717) is 24.0 Å². The van der Waals surface area contributed by atoms with Crippen LogP contribution in [-0.4, -0.2) is 33.5 Å². The van der Waals surface area contributed by atoms with Crippen molar-refractivity contribution in [1.82, 2.24) is 15.1 Å². The van der Waals surface area contributed by atoms with E-state index < -0.39 is 0 Å². The molecule has 4 rings (SSSR count). The number of anilines is 1. The Hall–Kier alpha value is -3.00. The van der Waals surface area contributed by atoms with Gasteiger partial charge in [-0.2, -0.15) is 0 Å². The number of furan rings is 1. The predicted octanol–water partition coefficient (Wildman–Crippen LogP) is 2.90.